The first-order valence-corrected chi connectivity index (χ1v) is 6.98. The number of hydrogen-bond acceptors (Lipinski definition) is 2. The highest BCUT2D eigenvalue weighted by Crippen LogP contribution is 2.33. The van der Waals surface area contributed by atoms with E-state index in [0.29, 0.717) is 11.8 Å². The topological polar surface area (TPSA) is 63.3 Å². The van der Waals surface area contributed by atoms with Crippen LogP contribution in [0, 0.1) is 17.8 Å². The van der Waals surface area contributed by atoms with Crippen molar-refractivity contribution in [3.05, 3.63) is 0 Å². The van der Waals surface area contributed by atoms with Crippen LogP contribution in [0.3, 0.4) is 0 Å². The fourth-order valence-corrected chi connectivity index (χ4v) is 3.06. The van der Waals surface area contributed by atoms with Crippen LogP contribution in [0.2, 0.25) is 0 Å². The van der Waals surface area contributed by atoms with Gasteiger partial charge in [-0.2, -0.15) is 0 Å². The zero-order valence-corrected chi connectivity index (χ0v) is 11.2. The maximum atomic E-state index is 10.6. The van der Waals surface area contributed by atoms with Gasteiger partial charge < -0.3 is 10.8 Å². The van der Waals surface area contributed by atoms with Crippen molar-refractivity contribution in [2.45, 2.75) is 64.8 Å². The molecule has 17 heavy (non-hydrogen) atoms. The van der Waals surface area contributed by atoms with Gasteiger partial charge in [-0.15, -0.1) is 0 Å². The molecule has 3 heteroatoms. The van der Waals surface area contributed by atoms with E-state index in [1.54, 1.807) is 0 Å². The molecule has 0 radical (unpaired) electrons. The van der Waals surface area contributed by atoms with Crippen molar-refractivity contribution in [3.63, 3.8) is 0 Å². The lowest BCUT2D eigenvalue weighted by atomic mass is 9.76. The minimum absolute atomic E-state index is 0.0958. The van der Waals surface area contributed by atoms with Gasteiger partial charge in [-0.3, -0.25) is 4.79 Å². The highest BCUT2D eigenvalue weighted by molar-refractivity contribution is 5.67. The second-order valence-corrected chi connectivity index (χ2v) is 5.85. The van der Waals surface area contributed by atoms with Crippen molar-refractivity contribution in [1.29, 1.82) is 0 Å². The van der Waals surface area contributed by atoms with E-state index in [-0.39, 0.29) is 12.5 Å². The summed E-state index contributed by atoms with van der Waals surface area (Å²) in [6.45, 7) is 4.40. The van der Waals surface area contributed by atoms with Gasteiger partial charge in [0.15, 0.2) is 0 Å². The molecular formula is C14H27NO2. The van der Waals surface area contributed by atoms with Crippen LogP contribution in [0.15, 0.2) is 0 Å². The van der Waals surface area contributed by atoms with Crippen LogP contribution in [0.1, 0.15) is 58.8 Å². The Morgan fingerprint density at radius 2 is 1.88 bits per heavy atom. The third-order valence-corrected chi connectivity index (χ3v) is 4.34. The SMILES string of the molecule is CC(CC(C)C1CCCCC1)C(N)CC(=O)O. The van der Waals surface area contributed by atoms with Gasteiger partial charge in [0.05, 0.1) is 6.42 Å². The van der Waals surface area contributed by atoms with Crippen molar-refractivity contribution >= 4 is 5.97 Å². The Balaban J connectivity index is 2.33. The second kappa shape index (κ2) is 7.00. The van der Waals surface area contributed by atoms with E-state index < -0.39 is 5.97 Å². The molecule has 1 rings (SSSR count). The van der Waals surface area contributed by atoms with E-state index in [2.05, 4.69) is 13.8 Å². The molecule has 1 aliphatic rings. The molecule has 3 N–H and O–H groups in total. The molecule has 0 amide bonds. The summed E-state index contributed by atoms with van der Waals surface area (Å²) in [5.41, 5.74) is 5.92. The highest BCUT2D eigenvalue weighted by atomic mass is 16.4. The van der Waals surface area contributed by atoms with Gasteiger partial charge in [0.2, 0.25) is 0 Å². The summed E-state index contributed by atoms with van der Waals surface area (Å²) in [6, 6.07) is -0.196. The summed E-state index contributed by atoms with van der Waals surface area (Å²) >= 11 is 0. The van der Waals surface area contributed by atoms with E-state index in [1.165, 1.54) is 32.1 Å². The number of carboxylic acids is 1. The summed E-state index contributed by atoms with van der Waals surface area (Å²) < 4.78 is 0. The van der Waals surface area contributed by atoms with Crippen molar-refractivity contribution in [2.75, 3.05) is 0 Å². The molecule has 3 nitrogen and oxygen atoms in total. The lowest BCUT2D eigenvalue weighted by Crippen LogP contribution is -2.33. The predicted octanol–water partition coefficient (Wildman–Crippen LogP) is 3.03. The smallest absolute Gasteiger partial charge is 0.304 e. The Labute approximate surface area is 105 Å². The molecule has 0 aromatic carbocycles. The first-order valence-electron chi connectivity index (χ1n) is 6.98. The van der Waals surface area contributed by atoms with Gasteiger partial charge >= 0.3 is 5.97 Å². The van der Waals surface area contributed by atoms with Gasteiger partial charge in [-0.1, -0.05) is 46.0 Å². The molecule has 0 bridgehead atoms. The fourth-order valence-electron chi connectivity index (χ4n) is 3.06. The van der Waals surface area contributed by atoms with E-state index >= 15 is 0 Å². The number of hydrogen-bond donors (Lipinski definition) is 2. The monoisotopic (exact) mass is 241 g/mol. The molecule has 3 unspecified atom stereocenters. The Hall–Kier alpha value is -0.570. The quantitative estimate of drug-likeness (QED) is 0.751. The zero-order chi connectivity index (χ0) is 12.8. The van der Waals surface area contributed by atoms with Crippen molar-refractivity contribution in [3.8, 4) is 0 Å². The number of carboxylic acid groups (broad SMARTS) is 1. The summed E-state index contributed by atoms with van der Waals surface area (Å²) in [5, 5.41) is 8.74. The van der Waals surface area contributed by atoms with Crippen LogP contribution in [-0.2, 0) is 4.79 Å². The predicted molar refractivity (Wildman–Crippen MR) is 69.7 cm³/mol. The Kier molecular flexibility index (Phi) is 5.96. The standard InChI is InChI=1S/C14H27NO2/c1-10(12-6-4-3-5-7-12)8-11(2)13(15)9-14(16)17/h10-13H,3-9,15H2,1-2H3,(H,16,17). The minimum atomic E-state index is -0.783. The molecule has 3 atom stereocenters. The molecule has 0 aromatic rings. The molecule has 0 saturated heterocycles. The van der Waals surface area contributed by atoms with Gasteiger partial charge in [-0.05, 0) is 24.2 Å². The summed E-state index contributed by atoms with van der Waals surface area (Å²) in [4.78, 5) is 10.6. The van der Waals surface area contributed by atoms with E-state index in [0.717, 1.165) is 12.3 Å². The lowest BCUT2D eigenvalue weighted by Gasteiger charge is -2.30. The van der Waals surface area contributed by atoms with Crippen LogP contribution in [0.4, 0.5) is 0 Å². The van der Waals surface area contributed by atoms with Crippen molar-refractivity contribution < 1.29 is 9.90 Å². The second-order valence-electron chi connectivity index (χ2n) is 5.85. The Morgan fingerprint density at radius 1 is 1.29 bits per heavy atom. The number of nitrogens with two attached hydrogens (primary N) is 1. The average Bonchev–Trinajstić information content (AvgIpc) is 2.29. The molecule has 1 saturated carbocycles. The Morgan fingerprint density at radius 3 is 2.41 bits per heavy atom. The summed E-state index contributed by atoms with van der Waals surface area (Å²) in [6.07, 6.45) is 7.98. The minimum Gasteiger partial charge on any atom is -0.481 e. The first kappa shape index (κ1) is 14.5. The molecule has 0 aromatic heterocycles. The summed E-state index contributed by atoms with van der Waals surface area (Å²) in [7, 11) is 0. The maximum Gasteiger partial charge on any atom is 0.304 e. The van der Waals surface area contributed by atoms with Crippen molar-refractivity contribution in [1.82, 2.24) is 0 Å². The molecule has 0 heterocycles. The van der Waals surface area contributed by atoms with E-state index in [4.69, 9.17) is 10.8 Å². The van der Waals surface area contributed by atoms with E-state index in [1.807, 2.05) is 0 Å². The fraction of sp³-hybridized carbons (Fsp3) is 0.929. The largest absolute Gasteiger partial charge is 0.481 e. The number of rotatable bonds is 6. The Bertz CT molecular complexity index is 236. The van der Waals surface area contributed by atoms with Crippen LogP contribution in [0.5, 0.6) is 0 Å². The van der Waals surface area contributed by atoms with Crippen LogP contribution in [0.25, 0.3) is 0 Å². The van der Waals surface area contributed by atoms with Crippen molar-refractivity contribution in [2.24, 2.45) is 23.5 Å². The zero-order valence-electron chi connectivity index (χ0n) is 11.2. The number of aliphatic carboxylic acids is 1. The first-order chi connectivity index (χ1) is 8.00. The molecular weight excluding hydrogens is 214 g/mol. The van der Waals surface area contributed by atoms with Gasteiger partial charge in [0.1, 0.15) is 0 Å². The molecule has 0 spiro atoms. The average molecular weight is 241 g/mol. The van der Waals surface area contributed by atoms with Crippen LogP contribution in [-0.4, -0.2) is 17.1 Å². The highest BCUT2D eigenvalue weighted by Gasteiger charge is 2.24. The van der Waals surface area contributed by atoms with Gasteiger partial charge in [-0.25, -0.2) is 0 Å². The molecule has 0 aliphatic heterocycles. The van der Waals surface area contributed by atoms with Crippen LogP contribution >= 0.6 is 0 Å². The van der Waals surface area contributed by atoms with Crippen LogP contribution < -0.4 is 5.73 Å². The third kappa shape index (κ3) is 5.07. The summed E-state index contributed by atoms with van der Waals surface area (Å²) in [5.74, 6) is 1.05. The number of carbonyl (C=O) groups is 1. The lowest BCUT2D eigenvalue weighted by molar-refractivity contribution is -0.137. The van der Waals surface area contributed by atoms with Gasteiger partial charge in [0, 0.05) is 6.04 Å². The molecule has 1 fully saturated rings. The normalized spacial score (nSPS) is 23.0. The molecule has 100 valence electrons. The molecule has 1 aliphatic carbocycles. The van der Waals surface area contributed by atoms with E-state index in [9.17, 15) is 4.79 Å². The van der Waals surface area contributed by atoms with Gasteiger partial charge in [0.25, 0.3) is 0 Å². The maximum absolute atomic E-state index is 10.6. The third-order valence-electron chi connectivity index (χ3n) is 4.34.